The molecule has 2 aromatic carbocycles. The smallest absolute Gasteiger partial charge is 0.138 e. The van der Waals surface area contributed by atoms with E-state index < -0.39 is 0 Å². The van der Waals surface area contributed by atoms with E-state index in [4.69, 9.17) is 18.9 Å². The van der Waals surface area contributed by atoms with Gasteiger partial charge in [0.25, 0.3) is 0 Å². The Kier molecular flexibility index (Phi) is 3.16. The van der Waals surface area contributed by atoms with Crippen molar-refractivity contribution in [2.24, 2.45) is 0 Å². The van der Waals surface area contributed by atoms with E-state index in [-0.39, 0.29) is 23.2 Å². The fourth-order valence-electron chi connectivity index (χ4n) is 4.65. The van der Waals surface area contributed by atoms with Crippen LogP contribution in [0, 0.1) is 0 Å². The zero-order chi connectivity index (χ0) is 20.0. The number of benzene rings is 2. The van der Waals surface area contributed by atoms with Crippen molar-refractivity contribution in [3.8, 4) is 23.0 Å². The number of rotatable bonds is 0. The predicted octanol–water partition coefficient (Wildman–Crippen LogP) is 5.66. The summed E-state index contributed by atoms with van der Waals surface area (Å²) in [4.78, 5) is 0. The highest BCUT2D eigenvalue weighted by molar-refractivity contribution is 5.72. The van der Waals surface area contributed by atoms with Crippen molar-refractivity contribution in [3.63, 3.8) is 0 Å². The molecule has 4 aliphatic heterocycles. The van der Waals surface area contributed by atoms with Gasteiger partial charge in [0.2, 0.25) is 0 Å². The van der Waals surface area contributed by atoms with Gasteiger partial charge in [-0.1, -0.05) is 12.1 Å². The summed E-state index contributed by atoms with van der Waals surface area (Å²) >= 11 is 0. The molecule has 0 saturated carbocycles. The summed E-state index contributed by atoms with van der Waals surface area (Å²) in [5.41, 5.74) is 3.76. The third kappa shape index (κ3) is 2.51. The van der Waals surface area contributed by atoms with Crippen LogP contribution in [0.2, 0.25) is 0 Å². The van der Waals surface area contributed by atoms with E-state index in [9.17, 15) is 0 Å². The molecule has 148 valence electrons. The SMILES string of the molecule is CC1(C)C=Cc2cc3c(cc2O1)OC[C@H]1c2ccc4c(c2O[C@@H]31)C=CC(C)(C)O4. The maximum atomic E-state index is 6.56. The zero-order valence-electron chi connectivity index (χ0n) is 17.1. The van der Waals surface area contributed by atoms with E-state index in [1.807, 2.05) is 6.07 Å². The quantitative estimate of drug-likeness (QED) is 0.583. The molecule has 4 heteroatoms. The van der Waals surface area contributed by atoms with Crippen LogP contribution in [0.5, 0.6) is 23.0 Å². The summed E-state index contributed by atoms with van der Waals surface area (Å²) in [5, 5.41) is 0. The maximum absolute atomic E-state index is 6.56. The standard InChI is InChI=1S/C25H24O4/c1-24(2)9-7-14-11-17-21(12-20(14)29-24)26-13-18-15-5-6-19-16(22(15)27-23(17)18)8-10-25(3,4)28-19/h5-12,18,23H,13H2,1-4H3/t18-,23-/m0/s1. The first-order chi connectivity index (χ1) is 13.8. The van der Waals surface area contributed by atoms with Crippen LogP contribution in [0.25, 0.3) is 12.2 Å². The Balaban J connectivity index is 1.42. The molecule has 2 atom stereocenters. The fourth-order valence-corrected chi connectivity index (χ4v) is 4.65. The van der Waals surface area contributed by atoms with Crippen LogP contribution in [-0.2, 0) is 0 Å². The van der Waals surface area contributed by atoms with Gasteiger partial charge in [0.15, 0.2) is 0 Å². The molecule has 0 unspecified atom stereocenters. The van der Waals surface area contributed by atoms with E-state index in [0.29, 0.717) is 6.61 Å². The molecule has 4 heterocycles. The summed E-state index contributed by atoms with van der Waals surface area (Å²) in [6.07, 6.45) is 8.38. The monoisotopic (exact) mass is 388 g/mol. The highest BCUT2D eigenvalue weighted by atomic mass is 16.5. The first kappa shape index (κ1) is 17.0. The van der Waals surface area contributed by atoms with Gasteiger partial charge in [-0.15, -0.1) is 0 Å². The summed E-state index contributed by atoms with van der Waals surface area (Å²) < 4.78 is 25.0. The van der Waals surface area contributed by atoms with Gasteiger partial charge in [0.05, 0.1) is 18.1 Å². The molecule has 0 spiro atoms. The van der Waals surface area contributed by atoms with E-state index in [1.165, 1.54) is 5.56 Å². The average Bonchev–Trinajstić information content (AvgIpc) is 3.04. The van der Waals surface area contributed by atoms with Crippen molar-refractivity contribution in [2.45, 2.75) is 50.9 Å². The molecule has 0 aromatic heterocycles. The van der Waals surface area contributed by atoms with Crippen LogP contribution in [0.15, 0.2) is 36.4 Å². The van der Waals surface area contributed by atoms with Crippen LogP contribution in [0.3, 0.4) is 0 Å². The average molecular weight is 388 g/mol. The summed E-state index contributed by atoms with van der Waals surface area (Å²) in [7, 11) is 0. The third-order valence-electron chi connectivity index (χ3n) is 6.13. The van der Waals surface area contributed by atoms with Crippen molar-refractivity contribution < 1.29 is 18.9 Å². The molecule has 0 N–H and O–H groups in total. The number of ether oxygens (including phenoxy) is 4. The van der Waals surface area contributed by atoms with Gasteiger partial charge in [0, 0.05) is 22.8 Å². The van der Waals surface area contributed by atoms with Crippen LogP contribution in [0.4, 0.5) is 0 Å². The molecule has 0 saturated heterocycles. The highest BCUT2D eigenvalue weighted by Crippen LogP contribution is 2.55. The Morgan fingerprint density at radius 1 is 0.828 bits per heavy atom. The maximum Gasteiger partial charge on any atom is 0.138 e. The van der Waals surface area contributed by atoms with Crippen LogP contribution in [0.1, 0.15) is 62.0 Å². The number of hydrogen-bond acceptors (Lipinski definition) is 4. The second-order valence-corrected chi connectivity index (χ2v) is 9.36. The third-order valence-corrected chi connectivity index (χ3v) is 6.13. The van der Waals surface area contributed by atoms with Crippen LogP contribution >= 0.6 is 0 Å². The second-order valence-electron chi connectivity index (χ2n) is 9.36. The summed E-state index contributed by atoms with van der Waals surface area (Å²) in [6.45, 7) is 8.82. The second kappa shape index (κ2) is 5.38. The number of hydrogen-bond donors (Lipinski definition) is 0. The van der Waals surface area contributed by atoms with Crippen LogP contribution in [-0.4, -0.2) is 17.8 Å². The molecular formula is C25H24O4. The van der Waals surface area contributed by atoms with Crippen molar-refractivity contribution in [2.75, 3.05) is 6.61 Å². The Hall–Kier alpha value is -2.88. The van der Waals surface area contributed by atoms with E-state index in [1.54, 1.807) is 0 Å². The molecule has 0 bridgehead atoms. The van der Waals surface area contributed by atoms with Crippen LogP contribution < -0.4 is 18.9 Å². The lowest BCUT2D eigenvalue weighted by atomic mass is 9.87. The van der Waals surface area contributed by atoms with Gasteiger partial charge in [0.1, 0.15) is 40.3 Å². The lowest BCUT2D eigenvalue weighted by molar-refractivity contribution is 0.133. The Morgan fingerprint density at radius 2 is 1.59 bits per heavy atom. The first-order valence-electron chi connectivity index (χ1n) is 10.2. The van der Waals surface area contributed by atoms with Gasteiger partial charge in [-0.3, -0.25) is 0 Å². The van der Waals surface area contributed by atoms with Gasteiger partial charge >= 0.3 is 0 Å². The molecule has 29 heavy (non-hydrogen) atoms. The van der Waals surface area contributed by atoms with Gasteiger partial charge in [-0.05, 0) is 58.1 Å². The topological polar surface area (TPSA) is 36.9 Å². The molecule has 2 aromatic rings. The lowest BCUT2D eigenvalue weighted by Crippen LogP contribution is -2.28. The lowest BCUT2D eigenvalue weighted by Gasteiger charge is -2.32. The molecular weight excluding hydrogens is 364 g/mol. The van der Waals surface area contributed by atoms with Crippen molar-refractivity contribution in [1.82, 2.24) is 0 Å². The first-order valence-corrected chi connectivity index (χ1v) is 10.2. The predicted molar refractivity (Wildman–Crippen MR) is 112 cm³/mol. The normalized spacial score (nSPS) is 25.8. The molecule has 0 radical (unpaired) electrons. The minimum atomic E-state index is -0.308. The Labute approximate surface area is 170 Å². The molecule has 0 aliphatic carbocycles. The number of fused-ring (bicyclic) bond motifs is 8. The Morgan fingerprint density at radius 3 is 2.41 bits per heavy atom. The molecule has 4 nitrogen and oxygen atoms in total. The van der Waals surface area contributed by atoms with E-state index >= 15 is 0 Å². The zero-order valence-corrected chi connectivity index (χ0v) is 17.1. The van der Waals surface area contributed by atoms with Gasteiger partial charge in [-0.25, -0.2) is 0 Å². The van der Waals surface area contributed by atoms with Gasteiger partial charge < -0.3 is 18.9 Å². The minimum Gasteiger partial charge on any atom is -0.492 e. The Bertz CT molecular complexity index is 1110. The van der Waals surface area contributed by atoms with Crippen molar-refractivity contribution in [3.05, 3.63) is 58.7 Å². The molecule has 6 rings (SSSR count). The molecule has 4 aliphatic rings. The van der Waals surface area contributed by atoms with Crippen molar-refractivity contribution in [1.29, 1.82) is 0 Å². The summed E-state index contributed by atoms with van der Waals surface area (Å²) in [5.74, 6) is 3.69. The van der Waals surface area contributed by atoms with E-state index in [0.717, 1.165) is 39.7 Å². The van der Waals surface area contributed by atoms with E-state index in [2.05, 4.69) is 70.2 Å². The highest BCUT2D eigenvalue weighted by Gasteiger charge is 2.43. The van der Waals surface area contributed by atoms with Gasteiger partial charge in [-0.2, -0.15) is 0 Å². The molecule has 0 amide bonds. The minimum absolute atomic E-state index is 0.0581. The summed E-state index contributed by atoms with van der Waals surface area (Å²) in [6, 6.07) is 8.36. The molecule has 0 fully saturated rings. The fraction of sp³-hybridized carbons (Fsp3) is 0.360. The van der Waals surface area contributed by atoms with Crippen molar-refractivity contribution >= 4 is 12.2 Å². The largest absolute Gasteiger partial charge is 0.492 e.